The Bertz CT molecular complexity index is 474. The van der Waals surface area contributed by atoms with Crippen LogP contribution in [-0.4, -0.2) is 17.6 Å². The van der Waals surface area contributed by atoms with E-state index in [0.29, 0.717) is 18.7 Å². The van der Waals surface area contributed by atoms with Crippen LogP contribution in [0.3, 0.4) is 0 Å². The first kappa shape index (κ1) is 13.0. The lowest BCUT2D eigenvalue weighted by Crippen LogP contribution is -2.23. The van der Waals surface area contributed by atoms with Crippen molar-refractivity contribution < 1.29 is 9.59 Å². The van der Waals surface area contributed by atoms with E-state index in [1.165, 1.54) is 11.8 Å². The third kappa shape index (κ3) is 3.26. The van der Waals surface area contributed by atoms with Crippen LogP contribution in [0.5, 0.6) is 0 Å². The fraction of sp³-hybridized carbons (Fsp3) is 0.385. The van der Waals surface area contributed by atoms with Crippen molar-refractivity contribution in [2.75, 3.05) is 11.1 Å². The molecule has 2 rings (SSSR count). The maximum Gasteiger partial charge on any atom is 0.234 e. The summed E-state index contributed by atoms with van der Waals surface area (Å²) in [7, 11) is 0. The highest BCUT2D eigenvalue weighted by atomic mass is 32.2. The molecule has 0 saturated carbocycles. The van der Waals surface area contributed by atoms with Crippen molar-refractivity contribution in [3.8, 4) is 0 Å². The highest BCUT2D eigenvalue weighted by Gasteiger charge is 2.15. The van der Waals surface area contributed by atoms with Crippen molar-refractivity contribution in [1.82, 2.24) is 5.32 Å². The van der Waals surface area contributed by atoms with Gasteiger partial charge in [-0.15, -0.1) is 11.8 Å². The second-order valence-electron chi connectivity index (χ2n) is 4.19. The van der Waals surface area contributed by atoms with E-state index >= 15 is 0 Å². The quantitative estimate of drug-likeness (QED) is 0.876. The van der Waals surface area contributed by atoms with Crippen molar-refractivity contribution in [3.63, 3.8) is 0 Å². The standard InChI is InChI=1S/C13H16N2O2S/c1-2-3-12(16)14-7-9-4-5-11-10(6-9)15-13(17)8-18-11/h4-6H,2-3,7-8H2,1H3,(H,14,16)(H,15,17). The first-order chi connectivity index (χ1) is 8.69. The predicted molar refractivity (Wildman–Crippen MR) is 72.6 cm³/mol. The van der Waals surface area contributed by atoms with E-state index in [0.717, 1.165) is 22.6 Å². The van der Waals surface area contributed by atoms with Crippen LogP contribution in [0.4, 0.5) is 5.69 Å². The number of hydrogen-bond donors (Lipinski definition) is 2. The number of nitrogens with one attached hydrogen (secondary N) is 2. The van der Waals surface area contributed by atoms with Gasteiger partial charge in [-0.3, -0.25) is 9.59 Å². The summed E-state index contributed by atoms with van der Waals surface area (Å²) in [6.07, 6.45) is 1.40. The molecule has 0 unspecified atom stereocenters. The van der Waals surface area contributed by atoms with Gasteiger partial charge in [-0.05, 0) is 24.1 Å². The Morgan fingerprint density at radius 1 is 1.50 bits per heavy atom. The van der Waals surface area contributed by atoms with Gasteiger partial charge >= 0.3 is 0 Å². The molecule has 0 saturated heterocycles. The molecule has 96 valence electrons. The molecule has 18 heavy (non-hydrogen) atoms. The Hall–Kier alpha value is -1.49. The second kappa shape index (κ2) is 5.91. The average molecular weight is 264 g/mol. The van der Waals surface area contributed by atoms with Gasteiger partial charge in [0.1, 0.15) is 0 Å². The van der Waals surface area contributed by atoms with Gasteiger partial charge < -0.3 is 10.6 Å². The van der Waals surface area contributed by atoms with E-state index < -0.39 is 0 Å². The van der Waals surface area contributed by atoms with Crippen molar-refractivity contribution >= 4 is 29.3 Å². The number of carbonyl (C=O) groups is 2. The molecule has 0 atom stereocenters. The van der Waals surface area contributed by atoms with E-state index in [2.05, 4.69) is 10.6 Å². The Kier molecular flexibility index (Phi) is 4.25. The molecule has 4 nitrogen and oxygen atoms in total. The minimum Gasteiger partial charge on any atom is -0.352 e. The van der Waals surface area contributed by atoms with Crippen molar-refractivity contribution in [2.24, 2.45) is 0 Å². The number of fused-ring (bicyclic) bond motifs is 1. The number of carbonyl (C=O) groups excluding carboxylic acids is 2. The fourth-order valence-corrected chi connectivity index (χ4v) is 2.54. The molecule has 2 amide bonds. The third-order valence-electron chi connectivity index (χ3n) is 2.64. The summed E-state index contributed by atoms with van der Waals surface area (Å²) in [5, 5.41) is 5.70. The summed E-state index contributed by atoms with van der Waals surface area (Å²) in [4.78, 5) is 23.7. The van der Waals surface area contributed by atoms with E-state index in [4.69, 9.17) is 0 Å². The molecule has 1 aliphatic heterocycles. The third-order valence-corrected chi connectivity index (χ3v) is 3.72. The first-order valence-electron chi connectivity index (χ1n) is 6.01. The molecule has 0 radical (unpaired) electrons. The minimum absolute atomic E-state index is 0.0275. The lowest BCUT2D eigenvalue weighted by atomic mass is 10.2. The normalized spacial score (nSPS) is 13.7. The van der Waals surface area contributed by atoms with Gasteiger partial charge in [-0.1, -0.05) is 13.0 Å². The summed E-state index contributed by atoms with van der Waals surface area (Å²) in [5.41, 5.74) is 1.85. The summed E-state index contributed by atoms with van der Waals surface area (Å²) in [6.45, 7) is 2.48. The second-order valence-corrected chi connectivity index (χ2v) is 5.21. The zero-order valence-electron chi connectivity index (χ0n) is 10.3. The van der Waals surface area contributed by atoms with Gasteiger partial charge in [-0.2, -0.15) is 0 Å². The molecule has 1 heterocycles. The smallest absolute Gasteiger partial charge is 0.234 e. The first-order valence-corrected chi connectivity index (χ1v) is 7.00. The Balaban J connectivity index is 2.00. The SMILES string of the molecule is CCCC(=O)NCc1ccc2c(c1)NC(=O)CS2. The molecule has 0 bridgehead atoms. The monoisotopic (exact) mass is 264 g/mol. The molecule has 1 aromatic rings. The van der Waals surface area contributed by atoms with E-state index in [1.54, 1.807) is 0 Å². The zero-order chi connectivity index (χ0) is 13.0. The summed E-state index contributed by atoms with van der Waals surface area (Å²) in [5.74, 6) is 0.563. The van der Waals surface area contributed by atoms with Gasteiger partial charge in [0.2, 0.25) is 11.8 Å². The molecule has 2 N–H and O–H groups in total. The maximum absolute atomic E-state index is 11.4. The van der Waals surface area contributed by atoms with Gasteiger partial charge in [0.25, 0.3) is 0 Å². The number of amides is 2. The molecule has 1 aromatic carbocycles. The summed E-state index contributed by atoms with van der Waals surface area (Å²) in [6, 6.07) is 5.89. The van der Waals surface area contributed by atoms with Crippen LogP contribution in [0.15, 0.2) is 23.1 Å². The molecule has 1 aliphatic rings. The van der Waals surface area contributed by atoms with Gasteiger partial charge in [-0.25, -0.2) is 0 Å². The highest BCUT2D eigenvalue weighted by Crippen LogP contribution is 2.31. The summed E-state index contributed by atoms with van der Waals surface area (Å²) >= 11 is 1.54. The van der Waals surface area contributed by atoms with Gasteiger partial charge in [0.15, 0.2) is 0 Å². The van der Waals surface area contributed by atoms with E-state index in [9.17, 15) is 9.59 Å². The number of anilines is 1. The van der Waals surface area contributed by atoms with Crippen LogP contribution in [-0.2, 0) is 16.1 Å². The van der Waals surface area contributed by atoms with E-state index in [1.807, 2.05) is 25.1 Å². The number of hydrogen-bond acceptors (Lipinski definition) is 3. The van der Waals surface area contributed by atoms with Crippen LogP contribution in [0.2, 0.25) is 0 Å². The Morgan fingerprint density at radius 3 is 3.11 bits per heavy atom. The van der Waals surface area contributed by atoms with Crippen molar-refractivity contribution in [2.45, 2.75) is 31.2 Å². The lowest BCUT2D eigenvalue weighted by molar-refractivity contribution is -0.121. The molecular formula is C13H16N2O2S. The molecular weight excluding hydrogens is 248 g/mol. The topological polar surface area (TPSA) is 58.2 Å². The zero-order valence-corrected chi connectivity index (χ0v) is 11.1. The summed E-state index contributed by atoms with van der Waals surface area (Å²) < 4.78 is 0. The number of thioether (sulfide) groups is 1. The van der Waals surface area contributed by atoms with Gasteiger partial charge in [0, 0.05) is 17.9 Å². The predicted octanol–water partition coefficient (Wildman–Crippen LogP) is 2.15. The Labute approximate surface area is 111 Å². The van der Waals surface area contributed by atoms with E-state index in [-0.39, 0.29) is 11.8 Å². The molecule has 0 aliphatic carbocycles. The number of benzene rings is 1. The molecule has 0 aromatic heterocycles. The average Bonchev–Trinajstić information content (AvgIpc) is 2.36. The van der Waals surface area contributed by atoms with Crippen LogP contribution >= 0.6 is 11.8 Å². The highest BCUT2D eigenvalue weighted by molar-refractivity contribution is 8.00. The van der Waals surface area contributed by atoms with Crippen LogP contribution in [0, 0.1) is 0 Å². The Morgan fingerprint density at radius 2 is 2.33 bits per heavy atom. The maximum atomic E-state index is 11.4. The molecule has 0 spiro atoms. The minimum atomic E-state index is 0.0275. The lowest BCUT2D eigenvalue weighted by Gasteiger charge is -2.17. The fourth-order valence-electron chi connectivity index (χ4n) is 1.76. The van der Waals surface area contributed by atoms with Crippen molar-refractivity contribution in [3.05, 3.63) is 23.8 Å². The van der Waals surface area contributed by atoms with Crippen LogP contribution < -0.4 is 10.6 Å². The van der Waals surface area contributed by atoms with Crippen LogP contribution in [0.25, 0.3) is 0 Å². The number of rotatable bonds is 4. The van der Waals surface area contributed by atoms with Crippen LogP contribution in [0.1, 0.15) is 25.3 Å². The molecule has 0 fully saturated rings. The van der Waals surface area contributed by atoms with Gasteiger partial charge in [0.05, 0.1) is 11.4 Å². The van der Waals surface area contributed by atoms with Crippen molar-refractivity contribution in [1.29, 1.82) is 0 Å². The molecule has 5 heteroatoms. The largest absolute Gasteiger partial charge is 0.352 e.